The molecule has 0 rings (SSSR count). The monoisotopic (exact) mass is 547 g/mol. The molecule has 0 aromatic carbocycles. The van der Waals surface area contributed by atoms with Gasteiger partial charge in [0.1, 0.15) is 0 Å². The van der Waals surface area contributed by atoms with E-state index in [2.05, 4.69) is 20.8 Å². The average Bonchev–Trinajstić information content (AvgIpc) is 2.48. The van der Waals surface area contributed by atoms with Crippen LogP contribution < -0.4 is 14.7 Å². The summed E-state index contributed by atoms with van der Waals surface area (Å²) in [5, 5.41) is 0. The molecule has 3 atom stereocenters. The van der Waals surface area contributed by atoms with Crippen LogP contribution in [0.4, 0.5) is 0 Å². The number of hydrogen-bond acceptors (Lipinski definition) is 6. The van der Waals surface area contributed by atoms with Crippen molar-refractivity contribution in [2.24, 2.45) is 0 Å². The summed E-state index contributed by atoms with van der Waals surface area (Å²) in [6.45, 7) is 6.17. The van der Waals surface area contributed by atoms with E-state index in [1.807, 2.05) is 0 Å². The minimum atomic E-state index is -2.41. The van der Waals surface area contributed by atoms with E-state index in [0.29, 0.717) is 18.5 Å². The molecule has 0 N–H and O–H groups in total. The molecule has 151 valence electrons. The summed E-state index contributed by atoms with van der Waals surface area (Å²) < 4.78 is 29.8. The molecule has 0 aliphatic rings. The van der Waals surface area contributed by atoms with Crippen LogP contribution in [-0.2, 0) is 13.7 Å². The summed E-state index contributed by atoms with van der Waals surface area (Å²) >= 11 is 0. The van der Waals surface area contributed by atoms with Crippen molar-refractivity contribution in [3.63, 3.8) is 0 Å². The maximum atomic E-state index is 9.95. The van der Waals surface area contributed by atoms with Crippen molar-refractivity contribution in [2.45, 2.75) is 78.6 Å². The molecule has 0 fully saturated rings. The normalized spacial score (nSPS) is 13.2. The van der Waals surface area contributed by atoms with E-state index in [4.69, 9.17) is 0 Å². The van der Waals surface area contributed by atoms with Crippen molar-refractivity contribution in [1.29, 1.82) is 0 Å². The minimum Gasteiger partial charge on any atom is -0.802 e. The predicted octanol–water partition coefficient (Wildman–Crippen LogP) is 3.03. The maximum absolute atomic E-state index is 9.95. The molecule has 0 heterocycles. The van der Waals surface area contributed by atoms with Gasteiger partial charge in [0.25, 0.3) is 0 Å². The van der Waals surface area contributed by atoms with Gasteiger partial charge in [-0.1, -0.05) is 59.3 Å². The second kappa shape index (κ2) is 30.6. The van der Waals surface area contributed by atoms with E-state index in [-0.39, 0.29) is 40.8 Å². The summed E-state index contributed by atoms with van der Waals surface area (Å²) in [5.74, 6) is 0. The van der Waals surface area contributed by atoms with Gasteiger partial charge in [-0.15, -0.1) is 0 Å². The summed E-state index contributed by atoms with van der Waals surface area (Å²) in [6, 6.07) is 0. The second-order valence-electron chi connectivity index (χ2n) is 5.49. The molecule has 3 unspecified atom stereocenters. The van der Waals surface area contributed by atoms with Gasteiger partial charge < -0.3 is 28.4 Å². The second-order valence-corrected chi connectivity index (χ2v) is 9.22. The zero-order valence-electron chi connectivity index (χ0n) is 15.9. The molecule has 0 aromatic rings. The molecular weight excluding hydrogens is 513 g/mol. The molecule has 0 saturated carbocycles. The van der Waals surface area contributed by atoms with Crippen molar-refractivity contribution >= 4 is 24.1 Å². The van der Waals surface area contributed by atoms with Gasteiger partial charge in [-0.3, -0.25) is 0 Å². The van der Waals surface area contributed by atoms with E-state index >= 15 is 0 Å². The van der Waals surface area contributed by atoms with Crippen LogP contribution in [0.1, 0.15) is 78.6 Å². The Morgan fingerprint density at radius 3 is 0.840 bits per heavy atom. The van der Waals surface area contributed by atoms with Crippen LogP contribution in [-0.4, -0.2) is 18.5 Å². The zero-order chi connectivity index (χ0) is 19.2. The van der Waals surface area contributed by atoms with Crippen LogP contribution in [0.25, 0.3) is 0 Å². The van der Waals surface area contributed by atoms with Crippen LogP contribution in [0.3, 0.4) is 0 Å². The zero-order valence-corrected chi connectivity index (χ0v) is 22.1. The Morgan fingerprint density at radius 2 is 0.720 bits per heavy atom. The fraction of sp³-hybridized carbons (Fsp3) is 1.00. The van der Waals surface area contributed by atoms with Gasteiger partial charge in [0.05, 0.1) is 0 Å². The Bertz CT molecular complexity index is 272. The summed E-state index contributed by atoms with van der Waals surface area (Å²) in [6.07, 6.45) is 10.1. The van der Waals surface area contributed by atoms with Crippen LogP contribution >= 0.6 is 24.1 Å². The third-order valence-electron chi connectivity index (χ3n) is 2.95. The number of rotatable bonds is 12. The van der Waals surface area contributed by atoms with Crippen molar-refractivity contribution in [3.8, 4) is 0 Å². The molecule has 1 radical (unpaired) electrons. The van der Waals surface area contributed by atoms with Gasteiger partial charge >= 0.3 is 40.8 Å². The minimum absolute atomic E-state index is 0. The maximum Gasteiger partial charge on any atom is 3.00 e. The van der Waals surface area contributed by atoms with Gasteiger partial charge in [0.15, 0.2) is 0 Å². The van der Waals surface area contributed by atoms with Crippen molar-refractivity contribution in [1.82, 2.24) is 0 Å². The van der Waals surface area contributed by atoms with Crippen LogP contribution in [0.2, 0.25) is 0 Å². The quantitative estimate of drug-likeness (QED) is 0.273. The van der Waals surface area contributed by atoms with Crippen molar-refractivity contribution in [3.05, 3.63) is 0 Å². The summed E-state index contributed by atoms with van der Waals surface area (Å²) in [5.41, 5.74) is 0. The van der Waals surface area contributed by atoms with Crippen LogP contribution in [0.15, 0.2) is 0 Å². The first-order valence-corrected chi connectivity index (χ1v) is 13.5. The van der Waals surface area contributed by atoms with Gasteiger partial charge in [-0.25, -0.2) is 0 Å². The van der Waals surface area contributed by atoms with Crippen LogP contribution in [0.5, 0.6) is 0 Å². The van der Waals surface area contributed by atoms with Crippen molar-refractivity contribution < 1.29 is 69.2 Å². The van der Waals surface area contributed by atoms with E-state index in [0.717, 1.165) is 57.8 Å². The predicted molar refractivity (Wildman–Crippen MR) is 100 cm³/mol. The molecule has 0 spiro atoms. The third-order valence-corrected chi connectivity index (χ3v) is 5.24. The molecule has 10 heteroatoms. The Hall–Kier alpha value is 1.92. The first-order chi connectivity index (χ1) is 11.3. The van der Waals surface area contributed by atoms with E-state index < -0.39 is 24.1 Å². The molecular formula is C15H36NdO6P3. The van der Waals surface area contributed by atoms with E-state index in [1.165, 1.54) is 0 Å². The third kappa shape index (κ3) is 51.8. The molecule has 6 nitrogen and oxygen atoms in total. The van der Waals surface area contributed by atoms with Gasteiger partial charge in [0, 0.05) is 24.1 Å². The molecule has 0 bridgehead atoms. The molecule has 25 heavy (non-hydrogen) atoms. The van der Waals surface area contributed by atoms with Gasteiger partial charge in [-0.2, -0.15) is 0 Å². The largest absolute Gasteiger partial charge is 3.00 e. The molecule has 0 aliphatic carbocycles. The molecule has 0 saturated heterocycles. The first kappa shape index (κ1) is 34.4. The van der Waals surface area contributed by atoms with E-state index in [9.17, 15) is 28.4 Å². The fourth-order valence-electron chi connectivity index (χ4n) is 1.56. The Kier molecular flexibility index (Phi) is 42.2. The Balaban J connectivity index is -0.000000130. The van der Waals surface area contributed by atoms with Crippen molar-refractivity contribution in [2.75, 3.05) is 18.5 Å². The topological polar surface area (TPSA) is 120 Å². The summed E-state index contributed by atoms with van der Waals surface area (Å²) in [7, 11) is -7.22. The first-order valence-electron chi connectivity index (χ1n) is 8.91. The molecule has 0 amide bonds. The Morgan fingerprint density at radius 1 is 0.520 bits per heavy atom. The van der Waals surface area contributed by atoms with Crippen LogP contribution in [0, 0.1) is 40.8 Å². The number of hydrogen-bond donors (Lipinski definition) is 0. The van der Waals surface area contributed by atoms with E-state index in [1.54, 1.807) is 0 Å². The van der Waals surface area contributed by atoms with Gasteiger partial charge in [-0.05, 0) is 37.7 Å². The number of unbranched alkanes of at least 4 members (excludes halogenated alkanes) is 6. The summed E-state index contributed by atoms with van der Waals surface area (Å²) in [4.78, 5) is 29.8. The smallest absolute Gasteiger partial charge is 0.802 e. The standard InChI is InChI=1S/3C5H13O2P.Nd/c3*1-2-3-4-5-8(6)7;/h3*8H,2-5H2,1H3,(H,6,7);/q;;;+3/p-3. The molecule has 0 aromatic heterocycles. The van der Waals surface area contributed by atoms with Gasteiger partial charge in [0.2, 0.25) is 0 Å². The SMILES string of the molecule is CCCCC[PH](=O)[O-].CCCCC[PH](=O)[O-].CCCCC[PH](=O)[O-].[Nd+3]. The average molecular weight is 550 g/mol. The fourth-order valence-corrected chi connectivity index (χ4v) is 3.17. The Labute approximate surface area is 189 Å². The molecule has 0 aliphatic heterocycles.